The van der Waals surface area contributed by atoms with Gasteiger partial charge < -0.3 is 14.9 Å². The third kappa shape index (κ3) is 3.50. The van der Waals surface area contributed by atoms with Crippen LogP contribution < -0.4 is 0 Å². The molecule has 0 aromatic carbocycles. The molecule has 202 valence electrons. The zero-order valence-corrected chi connectivity index (χ0v) is 23.3. The Kier molecular flexibility index (Phi) is 6.26. The summed E-state index contributed by atoms with van der Waals surface area (Å²) < 4.78 is 5.43. The Morgan fingerprint density at radius 2 is 1.61 bits per heavy atom. The van der Waals surface area contributed by atoms with Crippen molar-refractivity contribution in [3.05, 3.63) is 11.6 Å². The number of allylic oxidation sites excluding steroid dienone is 2. The Bertz CT molecular complexity index is 953. The van der Waals surface area contributed by atoms with Crippen LogP contribution in [0.3, 0.4) is 0 Å². The lowest BCUT2D eigenvalue weighted by Gasteiger charge is -2.68. The van der Waals surface area contributed by atoms with E-state index in [0.29, 0.717) is 29.6 Å². The van der Waals surface area contributed by atoms with Crippen LogP contribution in [0.25, 0.3) is 0 Å². The molecular formula is C31H48O5. The van der Waals surface area contributed by atoms with E-state index in [1.165, 1.54) is 18.4 Å². The van der Waals surface area contributed by atoms with Gasteiger partial charge in [-0.05, 0) is 110 Å². The van der Waals surface area contributed by atoms with Gasteiger partial charge in [0.05, 0.1) is 11.5 Å². The smallest absolute Gasteiger partial charge is 0.341 e. The number of rotatable bonds is 3. The zero-order chi connectivity index (χ0) is 26.3. The number of carboxylic acid groups (broad SMARTS) is 1. The van der Waals surface area contributed by atoms with Crippen LogP contribution in [0.1, 0.15) is 99.3 Å². The molecule has 0 radical (unpaired) electrons. The second-order valence-electron chi connectivity index (χ2n) is 14.5. The maximum absolute atomic E-state index is 13.6. The fourth-order valence-corrected chi connectivity index (χ4v) is 10.8. The molecule has 0 saturated heterocycles. The zero-order valence-electron chi connectivity index (χ0n) is 23.3. The Morgan fingerprint density at radius 1 is 0.944 bits per heavy atom. The predicted octanol–water partition coefficient (Wildman–Crippen LogP) is 6.24. The van der Waals surface area contributed by atoms with Crippen molar-refractivity contribution in [1.29, 1.82) is 0 Å². The summed E-state index contributed by atoms with van der Waals surface area (Å²) >= 11 is 0. The number of aliphatic hydroxyl groups excluding tert-OH is 1. The summed E-state index contributed by atoms with van der Waals surface area (Å²) in [6, 6.07) is 0. The molecule has 0 bridgehead atoms. The van der Waals surface area contributed by atoms with Gasteiger partial charge in [-0.2, -0.15) is 0 Å². The van der Waals surface area contributed by atoms with Gasteiger partial charge in [-0.15, -0.1) is 0 Å². The number of aliphatic hydroxyl groups is 1. The van der Waals surface area contributed by atoms with Crippen LogP contribution in [0.4, 0.5) is 0 Å². The summed E-state index contributed by atoms with van der Waals surface area (Å²) in [4.78, 5) is 24.7. The average Bonchev–Trinajstić information content (AvgIpc) is 2.81. The molecule has 5 aliphatic carbocycles. The third-order valence-corrected chi connectivity index (χ3v) is 12.9. The Labute approximate surface area is 217 Å². The van der Waals surface area contributed by atoms with Crippen LogP contribution in [0.15, 0.2) is 11.6 Å². The largest absolute Gasteiger partial charge is 0.479 e. The lowest BCUT2D eigenvalue weighted by Crippen LogP contribution is -2.62. The number of fused-ring (bicyclic) bond motifs is 7. The van der Waals surface area contributed by atoms with Crippen molar-refractivity contribution in [2.45, 2.75) is 105 Å². The number of hydrogen-bond acceptors (Lipinski definition) is 4. The van der Waals surface area contributed by atoms with Crippen molar-refractivity contribution in [1.82, 2.24) is 0 Å². The minimum atomic E-state index is -1.08. The normalized spacial score (nSPS) is 49.4. The summed E-state index contributed by atoms with van der Waals surface area (Å²) in [6.45, 7) is 13.7. The number of esters is 1. The molecule has 5 rings (SSSR count). The van der Waals surface area contributed by atoms with E-state index < -0.39 is 18.0 Å². The Balaban J connectivity index is 1.53. The molecule has 5 aliphatic rings. The second kappa shape index (κ2) is 8.58. The lowest BCUT2D eigenvalue weighted by molar-refractivity contribution is -0.191. The van der Waals surface area contributed by atoms with Crippen LogP contribution in [0, 0.1) is 57.2 Å². The molecule has 4 fully saturated rings. The van der Waals surface area contributed by atoms with E-state index in [2.05, 4.69) is 47.6 Å². The van der Waals surface area contributed by atoms with E-state index in [9.17, 15) is 14.7 Å². The molecule has 10 atom stereocenters. The van der Waals surface area contributed by atoms with E-state index in [1.54, 1.807) is 0 Å². The van der Waals surface area contributed by atoms with Gasteiger partial charge in [-0.25, -0.2) is 4.79 Å². The van der Waals surface area contributed by atoms with Crippen LogP contribution in [-0.4, -0.2) is 34.9 Å². The van der Waals surface area contributed by atoms with Crippen molar-refractivity contribution < 1.29 is 24.5 Å². The van der Waals surface area contributed by atoms with Crippen molar-refractivity contribution in [3.8, 4) is 0 Å². The first kappa shape index (κ1) is 26.3. The highest BCUT2D eigenvalue weighted by Gasteiger charge is 2.66. The van der Waals surface area contributed by atoms with Crippen molar-refractivity contribution in [3.63, 3.8) is 0 Å². The first-order chi connectivity index (χ1) is 16.8. The SMILES string of the molecule is C[C@H]1[C@H](C)CC[C@]2(C(=O)OCC(=O)O)CC[C@@H]3C(=CC[C@H]4[C@@]3(C)CCC3C(C)(C)[C@@H](O)CC[C@@]34C)[C@H]12. The molecule has 2 N–H and O–H groups in total. The van der Waals surface area contributed by atoms with Gasteiger partial charge in [0, 0.05) is 0 Å². The van der Waals surface area contributed by atoms with Gasteiger partial charge >= 0.3 is 11.9 Å². The van der Waals surface area contributed by atoms with Crippen LogP contribution in [0.2, 0.25) is 0 Å². The van der Waals surface area contributed by atoms with E-state index >= 15 is 0 Å². The molecule has 1 unspecified atom stereocenters. The first-order valence-corrected chi connectivity index (χ1v) is 14.6. The molecule has 0 aromatic rings. The van der Waals surface area contributed by atoms with E-state index in [0.717, 1.165) is 44.9 Å². The van der Waals surface area contributed by atoms with Gasteiger partial charge in [-0.3, -0.25) is 4.79 Å². The topological polar surface area (TPSA) is 83.8 Å². The molecule has 0 heterocycles. The quantitative estimate of drug-likeness (QED) is 0.354. The fraction of sp³-hybridized carbons (Fsp3) is 0.871. The molecule has 36 heavy (non-hydrogen) atoms. The number of aliphatic carboxylic acids is 1. The average molecular weight is 501 g/mol. The summed E-state index contributed by atoms with van der Waals surface area (Å²) in [5.74, 6) is 1.29. The van der Waals surface area contributed by atoms with Crippen LogP contribution in [-0.2, 0) is 14.3 Å². The van der Waals surface area contributed by atoms with Gasteiger partial charge in [0.25, 0.3) is 0 Å². The minimum absolute atomic E-state index is 0.0543. The summed E-state index contributed by atoms with van der Waals surface area (Å²) in [5, 5.41) is 20.1. The molecule has 5 nitrogen and oxygen atoms in total. The molecular weight excluding hydrogens is 452 g/mol. The molecule has 5 heteroatoms. The maximum atomic E-state index is 13.6. The van der Waals surface area contributed by atoms with E-state index in [-0.39, 0.29) is 34.2 Å². The highest BCUT2D eigenvalue weighted by atomic mass is 16.6. The summed E-state index contributed by atoms with van der Waals surface area (Å²) in [6.07, 6.45) is 11.3. The lowest BCUT2D eigenvalue weighted by atomic mass is 9.37. The van der Waals surface area contributed by atoms with Gasteiger partial charge in [0.15, 0.2) is 6.61 Å². The second-order valence-corrected chi connectivity index (χ2v) is 14.5. The summed E-state index contributed by atoms with van der Waals surface area (Å²) in [7, 11) is 0. The van der Waals surface area contributed by atoms with Crippen molar-refractivity contribution >= 4 is 11.9 Å². The first-order valence-electron chi connectivity index (χ1n) is 14.6. The van der Waals surface area contributed by atoms with Gasteiger partial charge in [-0.1, -0.05) is 53.2 Å². The molecule has 0 aliphatic heterocycles. The highest BCUT2D eigenvalue weighted by Crippen LogP contribution is 2.72. The predicted molar refractivity (Wildman–Crippen MR) is 139 cm³/mol. The van der Waals surface area contributed by atoms with E-state index in [1.807, 2.05) is 0 Å². The Hall–Kier alpha value is -1.36. The molecule has 0 aromatic heterocycles. The maximum Gasteiger partial charge on any atom is 0.341 e. The van der Waals surface area contributed by atoms with E-state index in [4.69, 9.17) is 9.84 Å². The van der Waals surface area contributed by atoms with Crippen LogP contribution in [0.5, 0.6) is 0 Å². The number of hydrogen-bond donors (Lipinski definition) is 2. The third-order valence-electron chi connectivity index (χ3n) is 12.9. The van der Waals surface area contributed by atoms with Crippen LogP contribution >= 0.6 is 0 Å². The monoisotopic (exact) mass is 500 g/mol. The number of carboxylic acids is 1. The van der Waals surface area contributed by atoms with Gasteiger partial charge in [0.2, 0.25) is 0 Å². The highest BCUT2D eigenvalue weighted by molar-refractivity contribution is 5.81. The minimum Gasteiger partial charge on any atom is -0.479 e. The molecule has 0 spiro atoms. The van der Waals surface area contributed by atoms with Gasteiger partial charge in [0.1, 0.15) is 0 Å². The summed E-state index contributed by atoms with van der Waals surface area (Å²) in [5.41, 5.74) is 1.28. The number of carbonyl (C=O) groups excluding carboxylic acids is 1. The van der Waals surface area contributed by atoms with Crippen molar-refractivity contribution in [2.24, 2.45) is 57.2 Å². The fourth-order valence-electron chi connectivity index (χ4n) is 10.8. The standard InChI is InChI=1S/C31H48O5/c1-18-9-15-31(27(35)36-17-25(33)34)16-10-21-20(26(31)19(18)2)7-8-23-29(21,5)13-11-22-28(3,4)24(32)12-14-30(22,23)6/h7,18-19,21-24,26,32H,8-17H2,1-6H3,(H,33,34)/t18-,19+,21-,22?,23+,24+,26+,29+,30+,31+/m1/s1. The Morgan fingerprint density at radius 3 is 2.31 bits per heavy atom. The number of ether oxygens (including phenoxy) is 1. The van der Waals surface area contributed by atoms with Crippen molar-refractivity contribution in [2.75, 3.05) is 6.61 Å². The number of carbonyl (C=O) groups is 2. The molecule has 0 amide bonds. The molecule has 4 saturated carbocycles.